The lowest BCUT2D eigenvalue weighted by Gasteiger charge is -2.05. The van der Waals surface area contributed by atoms with Crippen molar-refractivity contribution in [1.82, 2.24) is 5.32 Å². The maximum absolute atomic E-state index is 11.0. The van der Waals surface area contributed by atoms with Gasteiger partial charge in [-0.05, 0) is 18.8 Å². The maximum Gasteiger partial charge on any atom is 0.329 e. The number of carboxylic acids is 1. The van der Waals surface area contributed by atoms with E-state index >= 15 is 0 Å². The van der Waals surface area contributed by atoms with Gasteiger partial charge < -0.3 is 19.9 Å². The fourth-order valence-corrected chi connectivity index (χ4v) is 1.08. The Morgan fingerprint density at radius 3 is 2.62 bits per heavy atom. The Balaban J connectivity index is 1.83. The first-order valence-corrected chi connectivity index (χ1v) is 5.32. The molecule has 1 aliphatic rings. The predicted molar refractivity (Wildman–Crippen MR) is 55.0 cm³/mol. The van der Waals surface area contributed by atoms with Crippen molar-refractivity contribution in [3.8, 4) is 0 Å². The van der Waals surface area contributed by atoms with Gasteiger partial charge in [-0.25, -0.2) is 4.79 Å². The summed E-state index contributed by atoms with van der Waals surface area (Å²) in [6.45, 7) is 1.01. The summed E-state index contributed by atoms with van der Waals surface area (Å²) in [6.07, 6.45) is 2.49. The van der Waals surface area contributed by atoms with Crippen LogP contribution in [0, 0.1) is 5.92 Å². The molecule has 0 aliphatic heterocycles. The van der Waals surface area contributed by atoms with Gasteiger partial charge in [0.2, 0.25) is 5.91 Å². The normalized spacial score (nSPS) is 14.8. The van der Waals surface area contributed by atoms with Gasteiger partial charge in [0, 0.05) is 13.2 Å². The van der Waals surface area contributed by atoms with Crippen LogP contribution in [0.15, 0.2) is 0 Å². The van der Waals surface area contributed by atoms with E-state index in [4.69, 9.17) is 9.84 Å². The number of nitrogens with one attached hydrogen (secondary N) is 1. The zero-order valence-electron chi connectivity index (χ0n) is 9.11. The number of amides is 1. The molecule has 1 aliphatic carbocycles. The monoisotopic (exact) mass is 231 g/mol. The van der Waals surface area contributed by atoms with Gasteiger partial charge in [-0.3, -0.25) is 4.79 Å². The maximum atomic E-state index is 11.0. The molecule has 0 aromatic rings. The lowest BCUT2D eigenvalue weighted by molar-refractivity contribution is -0.143. The summed E-state index contributed by atoms with van der Waals surface area (Å²) in [7, 11) is 0. The van der Waals surface area contributed by atoms with E-state index in [2.05, 4.69) is 10.1 Å². The van der Waals surface area contributed by atoms with Gasteiger partial charge in [-0.2, -0.15) is 0 Å². The minimum absolute atomic E-state index is 0.227. The molecule has 0 aromatic heterocycles. The highest BCUT2D eigenvalue weighted by molar-refractivity contribution is 5.77. The zero-order valence-corrected chi connectivity index (χ0v) is 9.11. The van der Waals surface area contributed by atoms with Crippen molar-refractivity contribution in [3.05, 3.63) is 0 Å². The van der Waals surface area contributed by atoms with Crippen LogP contribution in [0.25, 0.3) is 0 Å². The SMILES string of the molecule is O=C(O)COCC(=O)NCCOCC1CC1. The molecular formula is C10H17NO5. The molecule has 6 nitrogen and oxygen atoms in total. The molecular weight excluding hydrogens is 214 g/mol. The summed E-state index contributed by atoms with van der Waals surface area (Å²) in [5.41, 5.74) is 0. The minimum Gasteiger partial charge on any atom is -0.480 e. The highest BCUT2D eigenvalue weighted by Gasteiger charge is 2.20. The largest absolute Gasteiger partial charge is 0.480 e. The van der Waals surface area contributed by atoms with E-state index in [1.807, 2.05) is 0 Å². The molecule has 1 fully saturated rings. The van der Waals surface area contributed by atoms with Crippen molar-refractivity contribution in [2.45, 2.75) is 12.8 Å². The van der Waals surface area contributed by atoms with Gasteiger partial charge >= 0.3 is 5.97 Å². The summed E-state index contributed by atoms with van der Waals surface area (Å²) in [5.74, 6) is -0.688. The Morgan fingerprint density at radius 2 is 2.00 bits per heavy atom. The van der Waals surface area contributed by atoms with Gasteiger partial charge in [0.15, 0.2) is 0 Å². The van der Waals surface area contributed by atoms with Crippen LogP contribution in [0.4, 0.5) is 0 Å². The minimum atomic E-state index is -1.08. The summed E-state index contributed by atoms with van der Waals surface area (Å²) < 4.78 is 9.91. The third-order valence-electron chi connectivity index (χ3n) is 2.08. The van der Waals surface area contributed by atoms with Gasteiger partial charge in [-0.1, -0.05) is 0 Å². The van der Waals surface area contributed by atoms with E-state index < -0.39 is 12.6 Å². The van der Waals surface area contributed by atoms with E-state index in [1.165, 1.54) is 12.8 Å². The molecule has 1 amide bonds. The number of carbonyl (C=O) groups excluding carboxylic acids is 1. The van der Waals surface area contributed by atoms with Crippen LogP contribution in [-0.4, -0.2) is 50.0 Å². The van der Waals surface area contributed by atoms with Crippen molar-refractivity contribution < 1.29 is 24.2 Å². The van der Waals surface area contributed by atoms with Crippen molar-refractivity contribution >= 4 is 11.9 Å². The van der Waals surface area contributed by atoms with Gasteiger partial charge in [0.25, 0.3) is 0 Å². The predicted octanol–water partition coefficient (Wildman–Crippen LogP) is -0.370. The smallest absolute Gasteiger partial charge is 0.329 e. The molecule has 0 heterocycles. The molecule has 0 aromatic carbocycles. The van der Waals surface area contributed by atoms with E-state index in [9.17, 15) is 9.59 Å². The van der Waals surface area contributed by atoms with Crippen LogP contribution < -0.4 is 5.32 Å². The molecule has 2 N–H and O–H groups in total. The van der Waals surface area contributed by atoms with Gasteiger partial charge in [0.1, 0.15) is 13.2 Å². The molecule has 6 heteroatoms. The van der Waals surface area contributed by atoms with Crippen molar-refractivity contribution in [3.63, 3.8) is 0 Å². The standard InChI is InChI=1S/C10H17NO5/c12-9(6-16-7-10(13)14)11-3-4-15-5-8-1-2-8/h8H,1-7H2,(H,11,12)(H,13,14). The second-order valence-corrected chi connectivity index (χ2v) is 3.75. The summed E-state index contributed by atoms with van der Waals surface area (Å²) >= 11 is 0. The van der Waals surface area contributed by atoms with Crippen LogP contribution in [0.2, 0.25) is 0 Å². The average Bonchev–Trinajstić information content (AvgIpc) is 3.00. The van der Waals surface area contributed by atoms with Crippen LogP contribution in [0.3, 0.4) is 0 Å². The number of ether oxygens (including phenoxy) is 2. The number of carbonyl (C=O) groups is 2. The van der Waals surface area contributed by atoms with Gasteiger partial charge in [0.05, 0.1) is 6.61 Å². The van der Waals surface area contributed by atoms with E-state index in [1.54, 1.807) is 0 Å². The lowest BCUT2D eigenvalue weighted by Crippen LogP contribution is -2.31. The summed E-state index contributed by atoms with van der Waals surface area (Å²) in [6, 6.07) is 0. The highest BCUT2D eigenvalue weighted by atomic mass is 16.5. The molecule has 0 saturated heterocycles. The van der Waals surface area contributed by atoms with Crippen molar-refractivity contribution in [2.75, 3.05) is 33.0 Å². The van der Waals surface area contributed by atoms with Crippen molar-refractivity contribution in [2.24, 2.45) is 5.92 Å². The number of hydrogen-bond acceptors (Lipinski definition) is 4. The first kappa shape index (κ1) is 12.9. The van der Waals surface area contributed by atoms with Crippen LogP contribution in [0.1, 0.15) is 12.8 Å². The topological polar surface area (TPSA) is 84.9 Å². The molecule has 0 spiro atoms. The van der Waals surface area contributed by atoms with E-state index in [0.717, 1.165) is 12.5 Å². The van der Waals surface area contributed by atoms with E-state index in [-0.39, 0.29) is 12.5 Å². The molecule has 0 atom stereocenters. The second kappa shape index (κ2) is 7.19. The van der Waals surface area contributed by atoms with Crippen LogP contribution in [0.5, 0.6) is 0 Å². The molecule has 0 unspecified atom stereocenters. The van der Waals surface area contributed by atoms with Crippen molar-refractivity contribution in [1.29, 1.82) is 0 Å². The fraction of sp³-hybridized carbons (Fsp3) is 0.800. The number of carboxylic acid groups (broad SMARTS) is 1. The second-order valence-electron chi connectivity index (χ2n) is 3.75. The molecule has 0 radical (unpaired) electrons. The van der Waals surface area contributed by atoms with Crippen LogP contribution in [-0.2, 0) is 19.1 Å². The highest BCUT2D eigenvalue weighted by Crippen LogP contribution is 2.28. The first-order chi connectivity index (χ1) is 7.68. The molecule has 1 saturated carbocycles. The molecule has 92 valence electrons. The third-order valence-corrected chi connectivity index (χ3v) is 2.08. The summed E-state index contributed by atoms with van der Waals surface area (Å²) in [5, 5.41) is 10.8. The average molecular weight is 231 g/mol. The fourth-order valence-electron chi connectivity index (χ4n) is 1.08. The zero-order chi connectivity index (χ0) is 11.8. The molecule has 0 bridgehead atoms. The lowest BCUT2D eigenvalue weighted by atomic mass is 10.5. The number of hydrogen-bond donors (Lipinski definition) is 2. The van der Waals surface area contributed by atoms with Gasteiger partial charge in [-0.15, -0.1) is 0 Å². The van der Waals surface area contributed by atoms with Crippen LogP contribution >= 0.6 is 0 Å². The summed E-state index contributed by atoms with van der Waals surface area (Å²) in [4.78, 5) is 21.1. The Labute approximate surface area is 93.9 Å². The third kappa shape index (κ3) is 7.19. The molecule has 16 heavy (non-hydrogen) atoms. The first-order valence-electron chi connectivity index (χ1n) is 5.32. The Kier molecular flexibility index (Phi) is 5.81. The molecule has 1 rings (SSSR count). The Morgan fingerprint density at radius 1 is 1.25 bits per heavy atom. The quantitative estimate of drug-likeness (QED) is 0.529. The Hall–Kier alpha value is -1.14. The number of rotatable bonds is 9. The van der Waals surface area contributed by atoms with E-state index in [0.29, 0.717) is 13.2 Å². The number of aliphatic carboxylic acids is 1. The Bertz CT molecular complexity index is 239.